The lowest BCUT2D eigenvalue weighted by molar-refractivity contribution is -0.141. The highest BCUT2D eigenvalue weighted by Crippen LogP contribution is 2.19. The van der Waals surface area contributed by atoms with E-state index in [1.165, 1.54) is 14.7 Å². The molecule has 1 unspecified atom stereocenters. The summed E-state index contributed by atoms with van der Waals surface area (Å²) in [7, 11) is 0. The summed E-state index contributed by atoms with van der Waals surface area (Å²) < 4.78 is 0. The Labute approximate surface area is 127 Å². The SMILES string of the molecule is Cc1ccc(CC(C)NC(=O)N2C[C@H](O)C[C@@H]2C(=O)O)s1. The number of nitrogens with zero attached hydrogens (tertiary/aromatic N) is 1. The number of rotatable bonds is 4. The van der Waals surface area contributed by atoms with E-state index in [-0.39, 0.29) is 19.0 Å². The number of thiophene rings is 1. The van der Waals surface area contributed by atoms with Crippen molar-refractivity contribution < 1.29 is 19.8 Å². The van der Waals surface area contributed by atoms with Crippen molar-refractivity contribution >= 4 is 23.3 Å². The third-order valence-electron chi connectivity index (χ3n) is 3.50. The van der Waals surface area contributed by atoms with Crippen LogP contribution in [-0.4, -0.2) is 51.8 Å². The summed E-state index contributed by atoms with van der Waals surface area (Å²) in [6.07, 6.45) is 0.0201. The Morgan fingerprint density at radius 1 is 1.52 bits per heavy atom. The molecule has 21 heavy (non-hydrogen) atoms. The van der Waals surface area contributed by atoms with Crippen molar-refractivity contribution in [3.8, 4) is 0 Å². The average Bonchev–Trinajstić information content (AvgIpc) is 2.95. The number of nitrogens with one attached hydrogen (secondary N) is 1. The molecule has 1 aliphatic heterocycles. The number of aliphatic carboxylic acids is 1. The Morgan fingerprint density at radius 2 is 2.24 bits per heavy atom. The number of carbonyl (C=O) groups is 2. The predicted octanol–water partition coefficient (Wildman–Crippen LogP) is 1.22. The van der Waals surface area contributed by atoms with Crippen LogP contribution in [0.3, 0.4) is 0 Å². The molecule has 3 N–H and O–H groups in total. The first-order valence-electron chi connectivity index (χ1n) is 6.90. The molecule has 3 atom stereocenters. The third kappa shape index (κ3) is 3.95. The zero-order valence-electron chi connectivity index (χ0n) is 12.1. The Hall–Kier alpha value is -1.60. The molecule has 0 saturated carbocycles. The molecule has 1 aromatic rings. The highest BCUT2D eigenvalue weighted by molar-refractivity contribution is 7.11. The molecule has 0 aliphatic carbocycles. The normalized spacial score (nSPS) is 23.1. The van der Waals surface area contributed by atoms with Crippen molar-refractivity contribution in [1.82, 2.24) is 10.2 Å². The highest BCUT2D eigenvalue weighted by atomic mass is 32.1. The second-order valence-corrected chi connectivity index (χ2v) is 6.84. The van der Waals surface area contributed by atoms with Crippen molar-refractivity contribution in [3.63, 3.8) is 0 Å². The van der Waals surface area contributed by atoms with Gasteiger partial charge in [-0.25, -0.2) is 9.59 Å². The van der Waals surface area contributed by atoms with Crippen molar-refractivity contribution in [3.05, 3.63) is 21.9 Å². The number of amides is 2. The Kier molecular flexibility index (Phi) is 4.84. The fourth-order valence-corrected chi connectivity index (χ4v) is 3.53. The van der Waals surface area contributed by atoms with Crippen LogP contribution in [0.2, 0.25) is 0 Å². The van der Waals surface area contributed by atoms with Crippen LogP contribution in [0, 0.1) is 6.92 Å². The highest BCUT2D eigenvalue weighted by Gasteiger charge is 2.39. The molecule has 6 nitrogen and oxygen atoms in total. The molecule has 1 aromatic heterocycles. The lowest BCUT2D eigenvalue weighted by Crippen LogP contribution is -2.49. The largest absolute Gasteiger partial charge is 0.480 e. The third-order valence-corrected chi connectivity index (χ3v) is 4.52. The summed E-state index contributed by atoms with van der Waals surface area (Å²) in [6, 6.07) is 2.59. The van der Waals surface area contributed by atoms with Gasteiger partial charge in [-0.2, -0.15) is 0 Å². The first-order valence-corrected chi connectivity index (χ1v) is 7.71. The quantitative estimate of drug-likeness (QED) is 0.780. The number of hydrogen-bond acceptors (Lipinski definition) is 4. The maximum atomic E-state index is 12.2. The van der Waals surface area contributed by atoms with Crippen LogP contribution in [-0.2, 0) is 11.2 Å². The Balaban J connectivity index is 1.92. The van der Waals surface area contributed by atoms with Gasteiger partial charge in [-0.3, -0.25) is 0 Å². The summed E-state index contributed by atoms with van der Waals surface area (Å²) in [5.74, 6) is -1.08. The van der Waals surface area contributed by atoms with Gasteiger partial charge >= 0.3 is 12.0 Å². The van der Waals surface area contributed by atoms with Crippen LogP contribution < -0.4 is 5.32 Å². The number of aliphatic hydroxyl groups excluding tert-OH is 1. The molecule has 0 aromatic carbocycles. The monoisotopic (exact) mass is 312 g/mol. The second-order valence-electron chi connectivity index (χ2n) is 5.46. The molecule has 2 heterocycles. The smallest absolute Gasteiger partial charge is 0.326 e. The van der Waals surface area contributed by atoms with E-state index in [0.717, 1.165) is 0 Å². The average molecular weight is 312 g/mol. The number of likely N-dealkylation sites (tertiary alicyclic amines) is 1. The van der Waals surface area contributed by atoms with Gasteiger partial charge in [0.25, 0.3) is 0 Å². The number of carboxylic acids is 1. The number of aryl methyl sites for hydroxylation is 1. The van der Waals surface area contributed by atoms with Gasteiger partial charge in [0.1, 0.15) is 6.04 Å². The van der Waals surface area contributed by atoms with Crippen molar-refractivity contribution in [2.45, 2.75) is 44.9 Å². The minimum atomic E-state index is -1.08. The van der Waals surface area contributed by atoms with Gasteiger partial charge in [0.05, 0.1) is 6.10 Å². The van der Waals surface area contributed by atoms with E-state index in [4.69, 9.17) is 5.11 Å². The molecule has 0 radical (unpaired) electrons. The zero-order chi connectivity index (χ0) is 15.6. The lowest BCUT2D eigenvalue weighted by Gasteiger charge is -2.24. The molecule has 2 amide bonds. The van der Waals surface area contributed by atoms with Crippen LogP contribution in [0.1, 0.15) is 23.1 Å². The topological polar surface area (TPSA) is 89.9 Å². The van der Waals surface area contributed by atoms with E-state index < -0.39 is 24.1 Å². The summed E-state index contributed by atoms with van der Waals surface area (Å²) in [4.78, 5) is 26.9. The number of urea groups is 1. The summed E-state index contributed by atoms with van der Waals surface area (Å²) in [6.45, 7) is 3.98. The van der Waals surface area contributed by atoms with Crippen molar-refractivity contribution in [2.75, 3.05) is 6.54 Å². The van der Waals surface area contributed by atoms with Crippen molar-refractivity contribution in [2.24, 2.45) is 0 Å². The fourth-order valence-electron chi connectivity index (χ4n) is 2.51. The maximum Gasteiger partial charge on any atom is 0.326 e. The first-order chi connectivity index (χ1) is 9.86. The van der Waals surface area contributed by atoms with Crippen molar-refractivity contribution in [1.29, 1.82) is 0 Å². The Bertz CT molecular complexity index is 531. The van der Waals surface area contributed by atoms with Gasteiger partial charge in [-0.1, -0.05) is 0 Å². The summed E-state index contributed by atoms with van der Waals surface area (Å²) in [5.41, 5.74) is 0. The number of carbonyl (C=O) groups excluding carboxylic acids is 1. The Morgan fingerprint density at radius 3 is 2.81 bits per heavy atom. The van der Waals surface area contributed by atoms with E-state index in [9.17, 15) is 14.7 Å². The molecule has 7 heteroatoms. The number of aliphatic hydroxyl groups is 1. The molecular formula is C14H20N2O4S. The zero-order valence-corrected chi connectivity index (χ0v) is 12.9. The van der Waals surface area contributed by atoms with E-state index >= 15 is 0 Å². The van der Waals surface area contributed by atoms with Gasteiger partial charge in [-0.15, -0.1) is 11.3 Å². The van der Waals surface area contributed by atoms with E-state index in [1.807, 2.05) is 26.0 Å². The van der Waals surface area contributed by atoms with Crippen LogP contribution in [0.4, 0.5) is 4.79 Å². The van der Waals surface area contributed by atoms with Crippen LogP contribution in [0.25, 0.3) is 0 Å². The summed E-state index contributed by atoms with van der Waals surface area (Å²) >= 11 is 1.68. The molecule has 1 fully saturated rings. The van der Waals surface area contributed by atoms with E-state index in [2.05, 4.69) is 5.32 Å². The number of hydrogen-bond donors (Lipinski definition) is 3. The molecule has 1 aliphatic rings. The molecule has 0 spiro atoms. The predicted molar refractivity (Wildman–Crippen MR) is 79.5 cm³/mol. The van der Waals surface area contributed by atoms with E-state index in [1.54, 1.807) is 11.3 Å². The van der Waals surface area contributed by atoms with Gasteiger partial charge in [-0.05, 0) is 26.0 Å². The standard InChI is InChI=1S/C14H20N2O4S/c1-8(5-11-4-3-9(2)21-11)15-14(20)16-7-10(17)6-12(16)13(18)19/h3-4,8,10,12,17H,5-7H2,1-2H3,(H,15,20)(H,18,19)/t8?,10-,12-/m1/s1. The molecule has 116 valence electrons. The maximum absolute atomic E-state index is 12.2. The van der Waals surface area contributed by atoms with Gasteiger partial charge < -0.3 is 20.4 Å². The molecule has 1 saturated heterocycles. The second kappa shape index (κ2) is 6.44. The van der Waals surface area contributed by atoms with Crippen LogP contribution in [0.5, 0.6) is 0 Å². The number of carboxylic acid groups (broad SMARTS) is 1. The fraction of sp³-hybridized carbons (Fsp3) is 0.571. The van der Waals surface area contributed by atoms with Crippen LogP contribution >= 0.6 is 11.3 Å². The van der Waals surface area contributed by atoms with Gasteiger partial charge in [0.15, 0.2) is 0 Å². The number of β-amino-alcohol motifs (C(OH)–C–C–N with tert-alkyl or cyclic N) is 1. The molecular weight excluding hydrogens is 292 g/mol. The van der Waals surface area contributed by atoms with Gasteiger partial charge in [0.2, 0.25) is 0 Å². The minimum absolute atomic E-state index is 0.0631. The van der Waals surface area contributed by atoms with Crippen LogP contribution in [0.15, 0.2) is 12.1 Å². The summed E-state index contributed by atoms with van der Waals surface area (Å²) in [5, 5.41) is 21.5. The molecule has 0 bridgehead atoms. The first kappa shape index (κ1) is 15.8. The van der Waals surface area contributed by atoms with Gasteiger partial charge in [0, 0.05) is 35.2 Å². The van der Waals surface area contributed by atoms with E-state index in [0.29, 0.717) is 6.42 Å². The molecule has 2 rings (SSSR count). The lowest BCUT2D eigenvalue weighted by atomic mass is 10.2. The minimum Gasteiger partial charge on any atom is -0.480 e.